The lowest BCUT2D eigenvalue weighted by molar-refractivity contribution is 0.188. The highest BCUT2D eigenvalue weighted by Gasteiger charge is 2.38. The van der Waals surface area contributed by atoms with Crippen LogP contribution in [0.5, 0.6) is 0 Å². The van der Waals surface area contributed by atoms with Crippen molar-refractivity contribution in [2.45, 2.75) is 38.8 Å². The van der Waals surface area contributed by atoms with Crippen molar-refractivity contribution in [3.05, 3.63) is 22.4 Å². The summed E-state index contributed by atoms with van der Waals surface area (Å²) in [6.07, 6.45) is 2.78. The van der Waals surface area contributed by atoms with E-state index in [9.17, 15) is 0 Å². The Balaban J connectivity index is 1.76. The fourth-order valence-electron chi connectivity index (χ4n) is 3.70. The van der Waals surface area contributed by atoms with Crippen molar-refractivity contribution in [3.63, 3.8) is 0 Å². The van der Waals surface area contributed by atoms with Gasteiger partial charge in [-0.1, -0.05) is 19.9 Å². The van der Waals surface area contributed by atoms with Crippen LogP contribution in [0.2, 0.25) is 0 Å². The zero-order valence-corrected chi connectivity index (χ0v) is 12.2. The first-order chi connectivity index (χ1) is 8.75. The third kappa shape index (κ3) is 2.36. The van der Waals surface area contributed by atoms with Crippen LogP contribution in [-0.2, 0) is 0 Å². The average molecular weight is 264 g/mol. The number of thiophene rings is 1. The van der Waals surface area contributed by atoms with Crippen molar-refractivity contribution in [3.8, 4) is 0 Å². The Bertz CT molecular complexity index is 360. The molecular formula is C15H24N2S. The molecule has 2 aliphatic rings. The van der Waals surface area contributed by atoms with Gasteiger partial charge in [0.25, 0.3) is 0 Å². The van der Waals surface area contributed by atoms with Gasteiger partial charge in [-0.15, -0.1) is 11.3 Å². The van der Waals surface area contributed by atoms with Gasteiger partial charge >= 0.3 is 0 Å². The van der Waals surface area contributed by atoms with E-state index in [1.54, 1.807) is 4.88 Å². The van der Waals surface area contributed by atoms with Crippen molar-refractivity contribution in [1.29, 1.82) is 0 Å². The number of fused-ring (bicyclic) bond motifs is 1. The summed E-state index contributed by atoms with van der Waals surface area (Å²) in [5.41, 5.74) is 0. The van der Waals surface area contributed by atoms with E-state index in [-0.39, 0.29) is 0 Å². The van der Waals surface area contributed by atoms with Gasteiger partial charge in [0.05, 0.1) is 0 Å². The van der Waals surface area contributed by atoms with Gasteiger partial charge in [-0.2, -0.15) is 0 Å². The van der Waals surface area contributed by atoms with Crippen molar-refractivity contribution < 1.29 is 0 Å². The standard InChI is InChI=1S/C15H24N2S/c1-11(2)15(14-6-4-8-18-14)17-9-12-5-3-7-16-13(12)10-17/h4,6,8,11-13,15-16H,3,5,7,9-10H2,1-2H3/t12-,13+,15?/m0/s1. The molecule has 100 valence electrons. The van der Waals surface area contributed by atoms with Gasteiger partial charge in [-0.25, -0.2) is 0 Å². The molecule has 1 aromatic heterocycles. The molecule has 3 heterocycles. The number of likely N-dealkylation sites (tertiary alicyclic amines) is 1. The van der Waals surface area contributed by atoms with Crippen LogP contribution >= 0.6 is 11.3 Å². The summed E-state index contributed by atoms with van der Waals surface area (Å²) in [5, 5.41) is 5.93. The molecule has 2 saturated heterocycles. The minimum Gasteiger partial charge on any atom is -0.312 e. The van der Waals surface area contributed by atoms with Crippen LogP contribution in [-0.4, -0.2) is 30.6 Å². The van der Waals surface area contributed by atoms with Crippen LogP contribution in [0, 0.1) is 11.8 Å². The molecule has 3 rings (SSSR count). The maximum Gasteiger partial charge on any atom is 0.0465 e. The van der Waals surface area contributed by atoms with E-state index in [2.05, 4.69) is 41.6 Å². The van der Waals surface area contributed by atoms with E-state index < -0.39 is 0 Å². The molecule has 0 radical (unpaired) electrons. The van der Waals surface area contributed by atoms with Gasteiger partial charge in [0.1, 0.15) is 0 Å². The summed E-state index contributed by atoms with van der Waals surface area (Å²) < 4.78 is 0. The third-order valence-corrected chi connectivity index (χ3v) is 5.43. The molecule has 18 heavy (non-hydrogen) atoms. The molecule has 0 spiro atoms. The largest absolute Gasteiger partial charge is 0.312 e. The lowest BCUT2D eigenvalue weighted by Gasteiger charge is -2.30. The highest BCUT2D eigenvalue weighted by molar-refractivity contribution is 7.10. The van der Waals surface area contributed by atoms with E-state index >= 15 is 0 Å². The second-order valence-corrected chi connectivity index (χ2v) is 7.10. The highest BCUT2D eigenvalue weighted by atomic mass is 32.1. The highest BCUT2D eigenvalue weighted by Crippen LogP contribution is 2.37. The fraction of sp³-hybridized carbons (Fsp3) is 0.733. The number of nitrogens with zero attached hydrogens (tertiary/aromatic N) is 1. The molecular weight excluding hydrogens is 240 g/mol. The van der Waals surface area contributed by atoms with Gasteiger partial charge in [-0.05, 0) is 42.7 Å². The fourth-order valence-corrected chi connectivity index (χ4v) is 4.73. The number of nitrogens with one attached hydrogen (secondary N) is 1. The molecule has 1 N–H and O–H groups in total. The van der Waals surface area contributed by atoms with E-state index in [1.807, 2.05) is 11.3 Å². The molecule has 1 unspecified atom stereocenters. The summed E-state index contributed by atoms with van der Waals surface area (Å²) in [6, 6.07) is 5.87. The van der Waals surface area contributed by atoms with E-state index in [1.165, 1.54) is 32.5 Å². The molecule has 0 bridgehead atoms. The van der Waals surface area contributed by atoms with Crippen LogP contribution in [0.15, 0.2) is 17.5 Å². The van der Waals surface area contributed by atoms with E-state index in [0.29, 0.717) is 12.0 Å². The van der Waals surface area contributed by atoms with E-state index in [0.717, 1.165) is 12.0 Å². The first-order valence-corrected chi connectivity index (χ1v) is 8.14. The molecule has 2 nitrogen and oxygen atoms in total. The normalized spacial score (nSPS) is 30.6. The van der Waals surface area contributed by atoms with Gasteiger partial charge in [-0.3, -0.25) is 4.90 Å². The van der Waals surface area contributed by atoms with Crippen molar-refractivity contribution in [2.75, 3.05) is 19.6 Å². The number of hydrogen-bond acceptors (Lipinski definition) is 3. The number of rotatable bonds is 3. The molecule has 0 aliphatic carbocycles. The Morgan fingerprint density at radius 2 is 2.28 bits per heavy atom. The predicted molar refractivity (Wildman–Crippen MR) is 78.0 cm³/mol. The monoisotopic (exact) mass is 264 g/mol. The summed E-state index contributed by atoms with van der Waals surface area (Å²) in [6.45, 7) is 8.48. The Labute approximate surface area is 114 Å². The second-order valence-electron chi connectivity index (χ2n) is 6.12. The minimum atomic E-state index is 0.623. The SMILES string of the molecule is CC(C)C(c1cccs1)N1C[C@@H]2CCCN[C@@H]2C1. The van der Waals surface area contributed by atoms with Gasteiger partial charge in [0.2, 0.25) is 0 Å². The zero-order valence-electron chi connectivity index (χ0n) is 11.4. The van der Waals surface area contributed by atoms with Crippen LogP contribution < -0.4 is 5.32 Å². The first-order valence-electron chi connectivity index (χ1n) is 7.26. The molecule has 3 atom stereocenters. The first kappa shape index (κ1) is 12.6. The second kappa shape index (κ2) is 5.32. The molecule has 0 aromatic carbocycles. The van der Waals surface area contributed by atoms with Crippen LogP contribution in [0.1, 0.15) is 37.6 Å². The Morgan fingerprint density at radius 3 is 2.94 bits per heavy atom. The minimum absolute atomic E-state index is 0.623. The summed E-state index contributed by atoms with van der Waals surface area (Å²) >= 11 is 1.92. The van der Waals surface area contributed by atoms with Gasteiger partial charge in [0, 0.05) is 30.1 Å². The maximum atomic E-state index is 3.71. The zero-order chi connectivity index (χ0) is 12.5. The molecule has 3 heteroatoms. The van der Waals surface area contributed by atoms with Crippen LogP contribution in [0.4, 0.5) is 0 Å². The smallest absolute Gasteiger partial charge is 0.0465 e. The van der Waals surface area contributed by atoms with Crippen molar-refractivity contribution >= 4 is 11.3 Å². The molecule has 0 amide bonds. The van der Waals surface area contributed by atoms with Gasteiger partial charge < -0.3 is 5.32 Å². The van der Waals surface area contributed by atoms with Crippen LogP contribution in [0.25, 0.3) is 0 Å². The molecule has 1 aromatic rings. The third-order valence-electron chi connectivity index (χ3n) is 4.49. The molecule has 2 aliphatic heterocycles. The van der Waals surface area contributed by atoms with Crippen LogP contribution in [0.3, 0.4) is 0 Å². The van der Waals surface area contributed by atoms with E-state index in [4.69, 9.17) is 0 Å². The topological polar surface area (TPSA) is 15.3 Å². The Morgan fingerprint density at radius 1 is 1.39 bits per heavy atom. The quantitative estimate of drug-likeness (QED) is 0.902. The average Bonchev–Trinajstić information content (AvgIpc) is 2.97. The lowest BCUT2D eigenvalue weighted by atomic mass is 9.94. The van der Waals surface area contributed by atoms with Gasteiger partial charge in [0.15, 0.2) is 0 Å². The number of hydrogen-bond donors (Lipinski definition) is 1. The van der Waals surface area contributed by atoms with Crippen molar-refractivity contribution in [2.24, 2.45) is 11.8 Å². The summed E-state index contributed by atoms with van der Waals surface area (Å²) in [4.78, 5) is 4.27. The Kier molecular flexibility index (Phi) is 3.73. The maximum absolute atomic E-state index is 3.71. The lowest BCUT2D eigenvalue weighted by Crippen LogP contribution is -2.41. The Hall–Kier alpha value is -0.380. The number of piperidine rings is 1. The summed E-state index contributed by atoms with van der Waals surface area (Å²) in [5.74, 6) is 1.59. The summed E-state index contributed by atoms with van der Waals surface area (Å²) in [7, 11) is 0. The molecule has 2 fully saturated rings. The molecule has 0 saturated carbocycles. The predicted octanol–water partition coefficient (Wildman–Crippen LogP) is 3.13. The van der Waals surface area contributed by atoms with Crippen molar-refractivity contribution in [1.82, 2.24) is 10.2 Å².